The van der Waals surface area contributed by atoms with E-state index in [1.165, 1.54) is 18.6 Å². The van der Waals surface area contributed by atoms with Crippen molar-refractivity contribution in [3.05, 3.63) is 35.6 Å². The number of carbonyl (C=O) groups excluding carboxylic acids is 1. The van der Waals surface area contributed by atoms with Crippen LogP contribution in [0.25, 0.3) is 0 Å². The molecule has 0 aromatic heterocycles. The molecule has 1 aliphatic heterocycles. The quantitative estimate of drug-likeness (QED) is 0.764. The first-order valence-electron chi connectivity index (χ1n) is 6.47. The Morgan fingerprint density at radius 2 is 2.00 bits per heavy atom. The maximum atomic E-state index is 12.7. The Bertz CT molecular complexity index is 425. The lowest BCUT2D eigenvalue weighted by molar-refractivity contribution is 0.0967. The van der Waals surface area contributed by atoms with Crippen LogP contribution in [0.3, 0.4) is 0 Å². The van der Waals surface area contributed by atoms with Crippen molar-refractivity contribution >= 4 is 5.78 Å². The summed E-state index contributed by atoms with van der Waals surface area (Å²) in [5, 5.41) is 0. The molecule has 1 saturated heterocycles. The van der Waals surface area contributed by atoms with Crippen molar-refractivity contribution in [2.45, 2.75) is 26.7 Å². The molecular formula is C15H20FNO. The zero-order valence-electron chi connectivity index (χ0n) is 11.1. The fraction of sp³-hybridized carbons (Fsp3) is 0.533. The SMILES string of the molecule is CC1(C)CCN(CCC(=O)c2ccc(F)cc2)C1. The minimum Gasteiger partial charge on any atom is -0.302 e. The summed E-state index contributed by atoms with van der Waals surface area (Å²) >= 11 is 0. The summed E-state index contributed by atoms with van der Waals surface area (Å²) in [5.41, 5.74) is 0.980. The zero-order chi connectivity index (χ0) is 13.2. The molecule has 18 heavy (non-hydrogen) atoms. The Hall–Kier alpha value is -1.22. The van der Waals surface area contributed by atoms with Crippen molar-refractivity contribution in [3.63, 3.8) is 0 Å². The molecule has 2 rings (SSSR count). The molecule has 1 aromatic rings. The molecule has 0 bridgehead atoms. The zero-order valence-corrected chi connectivity index (χ0v) is 11.1. The number of carbonyl (C=O) groups is 1. The highest BCUT2D eigenvalue weighted by atomic mass is 19.1. The van der Waals surface area contributed by atoms with Crippen LogP contribution < -0.4 is 0 Å². The van der Waals surface area contributed by atoms with Gasteiger partial charge in [-0.3, -0.25) is 4.79 Å². The molecule has 1 fully saturated rings. The van der Waals surface area contributed by atoms with E-state index in [9.17, 15) is 9.18 Å². The highest BCUT2D eigenvalue weighted by Crippen LogP contribution is 2.28. The predicted octanol–water partition coefficient (Wildman–Crippen LogP) is 3.13. The van der Waals surface area contributed by atoms with Gasteiger partial charge in [-0.1, -0.05) is 13.8 Å². The van der Waals surface area contributed by atoms with Crippen LogP contribution in [0.2, 0.25) is 0 Å². The van der Waals surface area contributed by atoms with E-state index in [0.29, 0.717) is 17.4 Å². The number of likely N-dealkylation sites (tertiary alicyclic amines) is 1. The van der Waals surface area contributed by atoms with Crippen molar-refractivity contribution in [3.8, 4) is 0 Å². The van der Waals surface area contributed by atoms with Gasteiger partial charge in [-0.2, -0.15) is 0 Å². The Labute approximate surface area is 108 Å². The topological polar surface area (TPSA) is 20.3 Å². The Morgan fingerprint density at radius 1 is 1.33 bits per heavy atom. The van der Waals surface area contributed by atoms with Crippen LogP contribution in [0, 0.1) is 11.2 Å². The first-order valence-corrected chi connectivity index (χ1v) is 6.47. The first-order chi connectivity index (χ1) is 8.46. The van der Waals surface area contributed by atoms with Gasteiger partial charge in [0.2, 0.25) is 0 Å². The molecule has 0 saturated carbocycles. The molecule has 98 valence electrons. The molecule has 1 aromatic carbocycles. The van der Waals surface area contributed by atoms with Gasteiger partial charge >= 0.3 is 0 Å². The highest BCUT2D eigenvalue weighted by molar-refractivity contribution is 5.96. The Balaban J connectivity index is 1.84. The van der Waals surface area contributed by atoms with E-state index >= 15 is 0 Å². The van der Waals surface area contributed by atoms with E-state index in [-0.39, 0.29) is 11.6 Å². The number of nitrogens with zero attached hydrogens (tertiary/aromatic N) is 1. The van der Waals surface area contributed by atoms with E-state index in [0.717, 1.165) is 19.6 Å². The maximum Gasteiger partial charge on any atom is 0.164 e. The lowest BCUT2D eigenvalue weighted by Gasteiger charge is -2.19. The molecule has 0 N–H and O–H groups in total. The Morgan fingerprint density at radius 3 is 2.56 bits per heavy atom. The molecule has 3 heteroatoms. The van der Waals surface area contributed by atoms with Gasteiger partial charge in [0.1, 0.15) is 5.82 Å². The van der Waals surface area contributed by atoms with Crippen LogP contribution in [0.5, 0.6) is 0 Å². The van der Waals surface area contributed by atoms with E-state index in [1.54, 1.807) is 12.1 Å². The number of hydrogen-bond donors (Lipinski definition) is 0. The van der Waals surface area contributed by atoms with Crippen LogP contribution in [0.1, 0.15) is 37.0 Å². The smallest absolute Gasteiger partial charge is 0.164 e. The minimum absolute atomic E-state index is 0.0970. The molecule has 1 aliphatic rings. The second-order valence-corrected chi connectivity index (χ2v) is 5.87. The molecule has 0 spiro atoms. The highest BCUT2D eigenvalue weighted by Gasteiger charge is 2.28. The molecular weight excluding hydrogens is 229 g/mol. The predicted molar refractivity (Wildman–Crippen MR) is 70.2 cm³/mol. The summed E-state index contributed by atoms with van der Waals surface area (Å²) in [6, 6.07) is 5.80. The minimum atomic E-state index is -0.298. The second-order valence-electron chi connectivity index (χ2n) is 5.87. The van der Waals surface area contributed by atoms with Crippen LogP contribution >= 0.6 is 0 Å². The van der Waals surface area contributed by atoms with Crippen molar-refractivity contribution in [1.82, 2.24) is 4.90 Å². The standard InChI is InChI=1S/C15H20FNO/c1-15(2)8-10-17(11-15)9-7-14(18)12-3-5-13(16)6-4-12/h3-6H,7-11H2,1-2H3. The van der Waals surface area contributed by atoms with E-state index < -0.39 is 0 Å². The second kappa shape index (κ2) is 5.19. The van der Waals surface area contributed by atoms with Crippen molar-refractivity contribution in [1.29, 1.82) is 0 Å². The van der Waals surface area contributed by atoms with Gasteiger partial charge in [-0.05, 0) is 42.6 Å². The van der Waals surface area contributed by atoms with Gasteiger partial charge in [-0.25, -0.2) is 4.39 Å². The average molecular weight is 249 g/mol. The van der Waals surface area contributed by atoms with Gasteiger partial charge in [-0.15, -0.1) is 0 Å². The van der Waals surface area contributed by atoms with Crippen molar-refractivity contribution in [2.24, 2.45) is 5.41 Å². The van der Waals surface area contributed by atoms with E-state index in [1.807, 2.05) is 0 Å². The number of rotatable bonds is 4. The largest absolute Gasteiger partial charge is 0.302 e. The summed E-state index contributed by atoms with van der Waals surface area (Å²) in [5.74, 6) is -0.201. The van der Waals surface area contributed by atoms with Gasteiger partial charge in [0.25, 0.3) is 0 Å². The number of halogens is 1. The van der Waals surface area contributed by atoms with Crippen LogP contribution in [0.4, 0.5) is 4.39 Å². The average Bonchev–Trinajstić information content (AvgIpc) is 2.67. The van der Waals surface area contributed by atoms with E-state index in [4.69, 9.17) is 0 Å². The monoisotopic (exact) mass is 249 g/mol. The number of ketones is 1. The summed E-state index contributed by atoms with van der Waals surface area (Å²) in [7, 11) is 0. The molecule has 0 unspecified atom stereocenters. The lowest BCUT2D eigenvalue weighted by Crippen LogP contribution is -2.26. The van der Waals surface area contributed by atoms with Gasteiger partial charge in [0.15, 0.2) is 5.78 Å². The summed E-state index contributed by atoms with van der Waals surface area (Å²) in [6.45, 7) is 7.45. The number of benzene rings is 1. The Kier molecular flexibility index (Phi) is 3.81. The normalized spacial score (nSPS) is 19.1. The van der Waals surface area contributed by atoms with Crippen LogP contribution in [-0.4, -0.2) is 30.3 Å². The van der Waals surface area contributed by atoms with Crippen molar-refractivity contribution < 1.29 is 9.18 Å². The third-order valence-electron chi connectivity index (χ3n) is 3.58. The molecule has 2 nitrogen and oxygen atoms in total. The molecule has 0 radical (unpaired) electrons. The third kappa shape index (κ3) is 3.39. The van der Waals surface area contributed by atoms with Crippen LogP contribution in [0.15, 0.2) is 24.3 Å². The van der Waals surface area contributed by atoms with E-state index in [2.05, 4.69) is 18.7 Å². The van der Waals surface area contributed by atoms with Crippen LogP contribution in [-0.2, 0) is 0 Å². The third-order valence-corrected chi connectivity index (χ3v) is 3.58. The first kappa shape index (κ1) is 13.2. The van der Waals surface area contributed by atoms with Gasteiger partial charge in [0.05, 0.1) is 0 Å². The molecule has 0 atom stereocenters. The fourth-order valence-electron chi connectivity index (χ4n) is 2.45. The van der Waals surface area contributed by atoms with Crippen molar-refractivity contribution in [2.75, 3.05) is 19.6 Å². The van der Waals surface area contributed by atoms with Gasteiger partial charge in [0, 0.05) is 25.1 Å². The number of Topliss-reactive ketones (excluding diaryl/α,β-unsaturated/α-hetero) is 1. The maximum absolute atomic E-state index is 12.7. The number of hydrogen-bond acceptors (Lipinski definition) is 2. The molecule has 1 heterocycles. The lowest BCUT2D eigenvalue weighted by atomic mass is 9.93. The summed E-state index contributed by atoms with van der Waals surface area (Å²) in [6.07, 6.45) is 1.71. The molecule has 0 aliphatic carbocycles. The fourth-order valence-corrected chi connectivity index (χ4v) is 2.45. The molecule has 0 amide bonds. The summed E-state index contributed by atoms with van der Waals surface area (Å²) < 4.78 is 12.7. The van der Waals surface area contributed by atoms with Gasteiger partial charge < -0.3 is 4.90 Å². The summed E-state index contributed by atoms with van der Waals surface area (Å²) in [4.78, 5) is 14.3.